The number of nitrogens with one attached hydrogen (secondary N) is 1. The quantitative estimate of drug-likeness (QED) is 0.684. The molecule has 0 spiro atoms. The van der Waals surface area contributed by atoms with E-state index >= 15 is 0 Å². The number of anilines is 3. The van der Waals surface area contributed by atoms with Crippen LogP contribution in [0.2, 0.25) is 0 Å². The lowest BCUT2D eigenvalue weighted by Gasteiger charge is -2.28. The summed E-state index contributed by atoms with van der Waals surface area (Å²) in [5.41, 5.74) is 3.90. The number of thiophene rings is 1. The highest BCUT2D eigenvalue weighted by Crippen LogP contribution is 2.39. The molecule has 1 saturated heterocycles. The van der Waals surface area contributed by atoms with E-state index in [4.69, 9.17) is 0 Å². The lowest BCUT2D eigenvalue weighted by atomic mass is 9.97. The molecule has 134 valence electrons. The first kappa shape index (κ1) is 16.1. The molecular formula is C21H24N4S. The fourth-order valence-electron chi connectivity index (χ4n) is 4.23. The molecule has 3 heterocycles. The first-order valence-electron chi connectivity index (χ1n) is 9.76. The Labute approximate surface area is 158 Å². The van der Waals surface area contributed by atoms with E-state index in [9.17, 15) is 0 Å². The van der Waals surface area contributed by atoms with Gasteiger partial charge in [0.15, 0.2) is 0 Å². The highest BCUT2D eigenvalue weighted by atomic mass is 32.1. The van der Waals surface area contributed by atoms with E-state index in [1.807, 2.05) is 11.3 Å². The smallest absolute Gasteiger partial charge is 0.142 e. The van der Waals surface area contributed by atoms with Gasteiger partial charge in [0, 0.05) is 29.3 Å². The second-order valence-corrected chi connectivity index (χ2v) is 8.42. The van der Waals surface area contributed by atoms with Crippen LogP contribution in [0.25, 0.3) is 10.2 Å². The molecular weight excluding hydrogens is 340 g/mol. The number of hydrogen-bond donors (Lipinski definition) is 1. The van der Waals surface area contributed by atoms with Gasteiger partial charge < -0.3 is 10.2 Å². The summed E-state index contributed by atoms with van der Waals surface area (Å²) in [6.45, 7) is 2.36. The van der Waals surface area contributed by atoms with Crippen molar-refractivity contribution in [3.05, 3.63) is 41.0 Å². The van der Waals surface area contributed by atoms with Crippen LogP contribution in [0.15, 0.2) is 30.6 Å². The summed E-state index contributed by atoms with van der Waals surface area (Å²) >= 11 is 1.85. The third-order valence-electron chi connectivity index (χ3n) is 5.60. The third kappa shape index (κ3) is 2.94. The standard InChI is InChI=1S/C21H24N4S/c1-4-12-25(13-5-1)16-10-8-15(9-11-16)24-20-19-17-6-2-3-7-18(17)26-21(19)23-14-22-20/h8-11,14H,1-7,12-13H2,(H,22,23,24). The van der Waals surface area contributed by atoms with Gasteiger partial charge in [-0.25, -0.2) is 9.97 Å². The Morgan fingerprint density at radius 3 is 2.54 bits per heavy atom. The molecule has 1 aromatic carbocycles. The highest BCUT2D eigenvalue weighted by Gasteiger charge is 2.20. The number of piperidine rings is 1. The summed E-state index contributed by atoms with van der Waals surface area (Å²) < 4.78 is 0. The molecule has 1 fully saturated rings. The SMILES string of the molecule is c1nc(Nc2ccc(N3CCCCC3)cc2)c2c3c(sc2n1)CCCC3. The molecule has 0 saturated carbocycles. The average molecular weight is 365 g/mol. The number of nitrogens with zero attached hydrogens (tertiary/aromatic N) is 3. The van der Waals surface area contributed by atoms with Crippen molar-refractivity contribution in [3.63, 3.8) is 0 Å². The van der Waals surface area contributed by atoms with E-state index in [2.05, 4.69) is 44.5 Å². The summed E-state index contributed by atoms with van der Waals surface area (Å²) in [5.74, 6) is 0.958. The Balaban J connectivity index is 1.43. The number of rotatable bonds is 3. The van der Waals surface area contributed by atoms with Crippen molar-refractivity contribution in [2.24, 2.45) is 0 Å². The van der Waals surface area contributed by atoms with Crippen LogP contribution in [0.4, 0.5) is 17.2 Å². The van der Waals surface area contributed by atoms with Crippen molar-refractivity contribution in [1.82, 2.24) is 9.97 Å². The van der Waals surface area contributed by atoms with E-state index in [1.165, 1.54) is 73.1 Å². The summed E-state index contributed by atoms with van der Waals surface area (Å²) in [7, 11) is 0. The Morgan fingerprint density at radius 1 is 0.885 bits per heavy atom. The van der Waals surface area contributed by atoms with Gasteiger partial charge in [-0.15, -0.1) is 11.3 Å². The number of hydrogen-bond acceptors (Lipinski definition) is 5. The first-order valence-corrected chi connectivity index (χ1v) is 10.6. The van der Waals surface area contributed by atoms with Gasteiger partial charge in [-0.1, -0.05) is 0 Å². The van der Waals surface area contributed by atoms with Crippen LogP contribution in [0.5, 0.6) is 0 Å². The summed E-state index contributed by atoms with van der Waals surface area (Å²) in [6.07, 6.45) is 10.6. The topological polar surface area (TPSA) is 41.1 Å². The number of aryl methyl sites for hydroxylation is 2. The zero-order chi connectivity index (χ0) is 17.3. The van der Waals surface area contributed by atoms with Crippen LogP contribution >= 0.6 is 11.3 Å². The lowest BCUT2D eigenvalue weighted by molar-refractivity contribution is 0.578. The van der Waals surface area contributed by atoms with E-state index in [0.29, 0.717) is 0 Å². The first-order chi connectivity index (χ1) is 12.9. The number of aromatic nitrogens is 2. The fraction of sp³-hybridized carbons (Fsp3) is 0.429. The van der Waals surface area contributed by atoms with E-state index in [1.54, 1.807) is 6.33 Å². The van der Waals surface area contributed by atoms with Crippen molar-refractivity contribution in [1.29, 1.82) is 0 Å². The maximum atomic E-state index is 4.57. The summed E-state index contributed by atoms with van der Waals surface area (Å²) in [4.78, 5) is 14.2. The monoisotopic (exact) mass is 364 g/mol. The van der Waals surface area contributed by atoms with Gasteiger partial charge in [0.05, 0.1) is 5.39 Å². The van der Waals surface area contributed by atoms with E-state index < -0.39 is 0 Å². The van der Waals surface area contributed by atoms with Crippen molar-refractivity contribution in [3.8, 4) is 0 Å². The molecule has 0 amide bonds. The summed E-state index contributed by atoms with van der Waals surface area (Å²) in [6, 6.07) is 8.82. The van der Waals surface area contributed by atoms with Crippen LogP contribution < -0.4 is 10.2 Å². The normalized spacial score (nSPS) is 17.3. The summed E-state index contributed by atoms with van der Waals surface area (Å²) in [5, 5.41) is 4.79. The second-order valence-electron chi connectivity index (χ2n) is 7.33. The minimum atomic E-state index is 0.958. The van der Waals surface area contributed by atoms with Crippen molar-refractivity contribution in [2.45, 2.75) is 44.9 Å². The molecule has 0 bridgehead atoms. The minimum absolute atomic E-state index is 0.958. The highest BCUT2D eigenvalue weighted by molar-refractivity contribution is 7.19. The third-order valence-corrected chi connectivity index (χ3v) is 6.80. The number of benzene rings is 1. The van der Waals surface area contributed by atoms with E-state index in [0.717, 1.165) is 22.8 Å². The average Bonchev–Trinajstić information content (AvgIpc) is 3.09. The zero-order valence-corrected chi connectivity index (χ0v) is 15.8. The van der Waals surface area contributed by atoms with Gasteiger partial charge in [0.2, 0.25) is 0 Å². The van der Waals surface area contributed by atoms with Gasteiger partial charge >= 0.3 is 0 Å². The van der Waals surface area contributed by atoms with Crippen LogP contribution in [0.1, 0.15) is 42.5 Å². The number of fused-ring (bicyclic) bond motifs is 3. The largest absolute Gasteiger partial charge is 0.372 e. The Hall–Kier alpha value is -2.14. The van der Waals surface area contributed by atoms with Crippen molar-refractivity contribution >= 4 is 38.7 Å². The molecule has 3 aromatic rings. The van der Waals surface area contributed by atoms with E-state index in [-0.39, 0.29) is 0 Å². The zero-order valence-electron chi connectivity index (χ0n) is 15.0. The molecule has 5 heteroatoms. The van der Waals surface area contributed by atoms with Crippen LogP contribution in [0, 0.1) is 0 Å². The Bertz CT molecular complexity index is 910. The molecule has 4 nitrogen and oxygen atoms in total. The molecule has 1 N–H and O–H groups in total. The Morgan fingerprint density at radius 2 is 1.69 bits per heavy atom. The predicted octanol–water partition coefficient (Wildman–Crippen LogP) is 5.30. The Kier molecular flexibility index (Phi) is 4.25. The van der Waals surface area contributed by atoms with Crippen LogP contribution in [-0.2, 0) is 12.8 Å². The molecule has 26 heavy (non-hydrogen) atoms. The molecule has 0 atom stereocenters. The van der Waals surface area contributed by atoms with Crippen LogP contribution in [0.3, 0.4) is 0 Å². The van der Waals surface area contributed by atoms with Crippen molar-refractivity contribution in [2.75, 3.05) is 23.3 Å². The molecule has 1 aliphatic heterocycles. The van der Waals surface area contributed by atoms with Crippen LogP contribution in [-0.4, -0.2) is 23.1 Å². The van der Waals surface area contributed by atoms with Gasteiger partial charge in [0.25, 0.3) is 0 Å². The maximum absolute atomic E-state index is 4.57. The molecule has 0 unspecified atom stereocenters. The fourth-order valence-corrected chi connectivity index (χ4v) is 5.46. The van der Waals surface area contributed by atoms with Gasteiger partial charge in [-0.05, 0) is 74.8 Å². The molecule has 5 rings (SSSR count). The molecule has 0 radical (unpaired) electrons. The molecule has 1 aliphatic carbocycles. The maximum Gasteiger partial charge on any atom is 0.142 e. The second kappa shape index (κ2) is 6.88. The predicted molar refractivity (Wildman–Crippen MR) is 110 cm³/mol. The van der Waals surface area contributed by atoms with Gasteiger partial charge in [0.1, 0.15) is 17.0 Å². The van der Waals surface area contributed by atoms with Gasteiger partial charge in [-0.3, -0.25) is 0 Å². The van der Waals surface area contributed by atoms with Gasteiger partial charge in [-0.2, -0.15) is 0 Å². The molecule has 2 aromatic heterocycles. The van der Waals surface area contributed by atoms with Crippen molar-refractivity contribution < 1.29 is 0 Å². The lowest BCUT2D eigenvalue weighted by Crippen LogP contribution is -2.29. The minimum Gasteiger partial charge on any atom is -0.372 e. The molecule has 2 aliphatic rings.